The number of rotatable bonds is 15. The van der Waals surface area contributed by atoms with Crippen LogP contribution in [0.4, 0.5) is 5.69 Å². The summed E-state index contributed by atoms with van der Waals surface area (Å²) >= 11 is 0. The third-order valence-electron chi connectivity index (χ3n) is 5.57. The van der Waals surface area contributed by atoms with E-state index in [1.165, 1.54) is 4.90 Å². The highest BCUT2D eigenvalue weighted by atomic mass is 16.5. The largest absolute Gasteiger partial charge is 0.379 e. The topological polar surface area (TPSA) is 161 Å². The zero-order valence-electron chi connectivity index (χ0n) is 19.7. The molecule has 0 bridgehead atoms. The first kappa shape index (κ1) is 26.7. The van der Waals surface area contributed by atoms with Crippen molar-refractivity contribution < 1.29 is 33.4 Å². The third-order valence-corrected chi connectivity index (χ3v) is 5.57. The quantitative estimate of drug-likeness (QED) is 0.178. The number of nitrogens with two attached hydrogens (primary N) is 1. The van der Waals surface area contributed by atoms with Crippen LogP contribution in [0.15, 0.2) is 18.2 Å². The maximum Gasteiger partial charge on any atom is 0.255 e. The van der Waals surface area contributed by atoms with Crippen molar-refractivity contribution >= 4 is 29.3 Å². The van der Waals surface area contributed by atoms with E-state index in [0.717, 1.165) is 6.54 Å². The number of benzene rings is 1. The first-order valence-corrected chi connectivity index (χ1v) is 11.7. The zero-order chi connectivity index (χ0) is 25.0. The van der Waals surface area contributed by atoms with Crippen molar-refractivity contribution in [2.45, 2.75) is 25.4 Å². The van der Waals surface area contributed by atoms with Crippen molar-refractivity contribution in [3.8, 4) is 0 Å². The summed E-state index contributed by atoms with van der Waals surface area (Å²) in [6.45, 7) is 4.22. The average molecular weight is 492 g/mol. The molecule has 1 fully saturated rings. The molecule has 1 atom stereocenters. The van der Waals surface area contributed by atoms with Crippen molar-refractivity contribution in [2.75, 3.05) is 64.6 Å². The SMILES string of the molecule is NCCOCCNCCOCCOCC(=O)Nc1cccc2c1CN(C1CCC(=O)NC1=O)C2=O. The molecule has 3 rings (SSSR count). The lowest BCUT2D eigenvalue weighted by Crippen LogP contribution is -2.52. The summed E-state index contributed by atoms with van der Waals surface area (Å²) in [6.07, 6.45) is 0.461. The lowest BCUT2D eigenvalue weighted by Gasteiger charge is -2.29. The minimum Gasteiger partial charge on any atom is -0.379 e. The molecule has 35 heavy (non-hydrogen) atoms. The van der Waals surface area contributed by atoms with Gasteiger partial charge in [-0.15, -0.1) is 0 Å². The molecule has 1 saturated heterocycles. The number of anilines is 1. The standard InChI is InChI=1S/C23H33N5O7/c24-6-9-33-10-7-25-8-11-34-12-13-35-15-21(30)26-18-3-1-2-16-17(18)14-28(23(16)32)19-4-5-20(29)27-22(19)31/h1-3,19,25H,4-15,24H2,(H,26,30)(H,27,29,31). The van der Waals surface area contributed by atoms with Gasteiger partial charge in [-0.3, -0.25) is 24.5 Å². The third kappa shape index (κ3) is 7.80. The second-order valence-electron chi connectivity index (χ2n) is 8.10. The van der Waals surface area contributed by atoms with Gasteiger partial charge in [-0.2, -0.15) is 0 Å². The molecule has 0 radical (unpaired) electrons. The molecule has 0 spiro atoms. The van der Waals surface area contributed by atoms with Gasteiger partial charge in [-0.1, -0.05) is 6.07 Å². The summed E-state index contributed by atoms with van der Waals surface area (Å²) in [7, 11) is 0. The Balaban J connectivity index is 1.35. The highest BCUT2D eigenvalue weighted by Crippen LogP contribution is 2.32. The second kappa shape index (κ2) is 13.9. The lowest BCUT2D eigenvalue weighted by molar-refractivity contribution is -0.137. The molecular weight excluding hydrogens is 458 g/mol. The Labute approximate surface area is 203 Å². The summed E-state index contributed by atoms with van der Waals surface area (Å²) in [5.41, 5.74) is 6.90. The van der Waals surface area contributed by atoms with Crippen molar-refractivity contribution in [1.82, 2.24) is 15.5 Å². The van der Waals surface area contributed by atoms with Crippen molar-refractivity contribution in [2.24, 2.45) is 5.73 Å². The molecule has 0 saturated carbocycles. The fourth-order valence-electron chi connectivity index (χ4n) is 3.87. The number of carbonyl (C=O) groups is 4. The van der Waals surface area contributed by atoms with Gasteiger partial charge in [0.25, 0.3) is 5.91 Å². The summed E-state index contributed by atoms with van der Waals surface area (Å²) in [6, 6.07) is 4.33. The lowest BCUT2D eigenvalue weighted by atomic mass is 10.0. The Bertz CT molecular complexity index is 910. The summed E-state index contributed by atoms with van der Waals surface area (Å²) < 4.78 is 16.1. The summed E-state index contributed by atoms with van der Waals surface area (Å²) in [5, 5.41) is 8.23. The number of piperidine rings is 1. The molecule has 5 N–H and O–H groups in total. The van der Waals surface area contributed by atoms with E-state index in [4.69, 9.17) is 19.9 Å². The number of ether oxygens (including phenoxy) is 3. The number of imide groups is 1. The van der Waals surface area contributed by atoms with Crippen LogP contribution in [0.5, 0.6) is 0 Å². The highest BCUT2D eigenvalue weighted by Gasteiger charge is 2.39. The van der Waals surface area contributed by atoms with E-state index in [0.29, 0.717) is 56.3 Å². The van der Waals surface area contributed by atoms with E-state index in [9.17, 15) is 19.2 Å². The molecule has 4 amide bonds. The first-order chi connectivity index (χ1) is 17.0. The molecule has 12 nitrogen and oxygen atoms in total. The van der Waals surface area contributed by atoms with Crippen molar-refractivity contribution in [1.29, 1.82) is 0 Å². The normalized spacial score (nSPS) is 17.5. The predicted molar refractivity (Wildman–Crippen MR) is 125 cm³/mol. The minimum absolute atomic E-state index is 0.158. The van der Waals surface area contributed by atoms with Gasteiger partial charge in [0.05, 0.1) is 33.0 Å². The highest BCUT2D eigenvalue weighted by molar-refractivity contribution is 6.06. The van der Waals surface area contributed by atoms with Crippen LogP contribution in [0.25, 0.3) is 0 Å². The smallest absolute Gasteiger partial charge is 0.255 e. The van der Waals surface area contributed by atoms with E-state index in [1.54, 1.807) is 18.2 Å². The van der Waals surface area contributed by atoms with Crippen molar-refractivity contribution in [3.05, 3.63) is 29.3 Å². The Morgan fingerprint density at radius 1 is 1.06 bits per heavy atom. The number of nitrogens with zero attached hydrogens (tertiary/aromatic N) is 1. The van der Waals surface area contributed by atoms with Crippen LogP contribution in [0.1, 0.15) is 28.8 Å². The fourth-order valence-corrected chi connectivity index (χ4v) is 3.87. The second-order valence-corrected chi connectivity index (χ2v) is 8.10. The zero-order valence-corrected chi connectivity index (χ0v) is 19.7. The van der Waals surface area contributed by atoms with Crippen LogP contribution in [-0.4, -0.2) is 93.8 Å². The predicted octanol–water partition coefficient (Wildman–Crippen LogP) is -1.02. The summed E-state index contributed by atoms with van der Waals surface area (Å²) in [4.78, 5) is 50.3. The molecule has 192 valence electrons. The molecule has 0 aromatic heterocycles. The molecule has 1 unspecified atom stereocenters. The number of hydrogen-bond acceptors (Lipinski definition) is 9. The van der Waals surface area contributed by atoms with Crippen LogP contribution in [0, 0.1) is 0 Å². The van der Waals surface area contributed by atoms with E-state index in [-0.39, 0.29) is 50.3 Å². The maximum atomic E-state index is 12.9. The first-order valence-electron chi connectivity index (χ1n) is 11.7. The van der Waals surface area contributed by atoms with E-state index in [2.05, 4.69) is 16.0 Å². The molecule has 2 heterocycles. The Kier molecular flexibility index (Phi) is 10.6. The molecule has 1 aromatic carbocycles. The Morgan fingerprint density at radius 3 is 2.54 bits per heavy atom. The van der Waals surface area contributed by atoms with Gasteiger partial charge >= 0.3 is 0 Å². The van der Waals surface area contributed by atoms with Crippen LogP contribution in [-0.2, 0) is 35.1 Å². The Morgan fingerprint density at radius 2 is 1.80 bits per heavy atom. The van der Waals surface area contributed by atoms with E-state index in [1.807, 2.05) is 0 Å². The molecule has 2 aliphatic heterocycles. The Hall–Kier alpha value is -2.90. The monoisotopic (exact) mass is 491 g/mol. The van der Waals surface area contributed by atoms with Crippen LogP contribution >= 0.6 is 0 Å². The average Bonchev–Trinajstić information content (AvgIpc) is 3.17. The van der Waals surface area contributed by atoms with Gasteiger partial charge in [0.15, 0.2) is 0 Å². The van der Waals surface area contributed by atoms with E-state index >= 15 is 0 Å². The van der Waals surface area contributed by atoms with Gasteiger partial charge in [0.1, 0.15) is 12.6 Å². The fraction of sp³-hybridized carbons (Fsp3) is 0.565. The molecular formula is C23H33N5O7. The molecule has 12 heteroatoms. The van der Waals surface area contributed by atoms with Gasteiger partial charge in [0, 0.05) is 49.4 Å². The summed E-state index contributed by atoms with van der Waals surface area (Å²) in [5.74, 6) is -1.47. The molecule has 0 aliphatic carbocycles. The molecule has 1 aromatic rings. The van der Waals surface area contributed by atoms with Gasteiger partial charge < -0.3 is 35.5 Å². The van der Waals surface area contributed by atoms with Gasteiger partial charge in [0.2, 0.25) is 17.7 Å². The number of nitrogens with one attached hydrogen (secondary N) is 3. The molecule has 2 aliphatic rings. The van der Waals surface area contributed by atoms with Crippen LogP contribution < -0.4 is 21.7 Å². The number of fused-ring (bicyclic) bond motifs is 1. The van der Waals surface area contributed by atoms with E-state index < -0.39 is 11.9 Å². The minimum atomic E-state index is -0.709. The van der Waals surface area contributed by atoms with Crippen LogP contribution in [0.3, 0.4) is 0 Å². The van der Waals surface area contributed by atoms with Gasteiger partial charge in [-0.25, -0.2) is 0 Å². The maximum absolute atomic E-state index is 12.9. The van der Waals surface area contributed by atoms with Gasteiger partial charge in [-0.05, 0) is 18.6 Å². The number of hydrogen-bond donors (Lipinski definition) is 4. The number of carbonyl (C=O) groups excluding carboxylic acids is 4. The van der Waals surface area contributed by atoms with Crippen LogP contribution in [0.2, 0.25) is 0 Å². The van der Waals surface area contributed by atoms with Crippen molar-refractivity contribution in [3.63, 3.8) is 0 Å². The number of amides is 4.